The zero-order chi connectivity index (χ0) is 13.7. The van der Waals surface area contributed by atoms with Crippen molar-refractivity contribution >= 4 is 12.0 Å². The highest BCUT2D eigenvalue weighted by molar-refractivity contribution is 5.75. The molecule has 4 fully saturated rings. The molecule has 0 N–H and O–H groups in total. The van der Waals surface area contributed by atoms with Crippen LogP contribution in [0.2, 0.25) is 0 Å². The molecule has 0 aromatic carbocycles. The molecule has 4 bridgehead atoms. The Kier molecular flexibility index (Phi) is 2.74. The molecule has 0 spiro atoms. The van der Waals surface area contributed by atoms with Crippen molar-refractivity contribution < 1.29 is 13.9 Å². The molecule has 1 aromatic heterocycles. The fourth-order valence-corrected chi connectivity index (χ4v) is 4.44. The lowest BCUT2D eigenvalue weighted by Gasteiger charge is -2.50. The summed E-state index contributed by atoms with van der Waals surface area (Å²) in [5, 5.41) is 0. The van der Waals surface area contributed by atoms with E-state index < -0.39 is 0 Å². The molecule has 4 heteroatoms. The van der Waals surface area contributed by atoms with Gasteiger partial charge in [-0.05, 0) is 49.0 Å². The van der Waals surface area contributed by atoms with E-state index in [0.717, 1.165) is 25.1 Å². The van der Waals surface area contributed by atoms with E-state index in [0.29, 0.717) is 18.0 Å². The van der Waals surface area contributed by atoms with Gasteiger partial charge < -0.3 is 9.15 Å². The molecule has 0 amide bonds. The molecule has 5 atom stereocenters. The van der Waals surface area contributed by atoms with Gasteiger partial charge in [-0.1, -0.05) is 0 Å². The van der Waals surface area contributed by atoms with Gasteiger partial charge >= 0.3 is 5.97 Å². The highest BCUT2D eigenvalue weighted by Gasteiger charge is 2.55. The number of piperidine rings is 3. The smallest absolute Gasteiger partial charge is 0.310 e. The summed E-state index contributed by atoms with van der Waals surface area (Å²) in [6, 6.07) is 4.92. The Morgan fingerprint density at radius 3 is 3.15 bits per heavy atom. The van der Waals surface area contributed by atoms with Crippen LogP contribution in [0.5, 0.6) is 0 Å². The van der Waals surface area contributed by atoms with Crippen LogP contribution in [0.15, 0.2) is 28.4 Å². The van der Waals surface area contributed by atoms with Crippen LogP contribution in [0.3, 0.4) is 0 Å². The van der Waals surface area contributed by atoms with Gasteiger partial charge in [0.1, 0.15) is 5.76 Å². The van der Waals surface area contributed by atoms with E-state index in [1.165, 1.54) is 19.1 Å². The Hall–Kier alpha value is -1.55. The number of furan rings is 1. The van der Waals surface area contributed by atoms with Gasteiger partial charge in [0, 0.05) is 18.6 Å². The Balaban J connectivity index is 1.70. The van der Waals surface area contributed by atoms with E-state index in [1.807, 2.05) is 12.1 Å². The minimum atomic E-state index is -0.0459. The molecule has 0 saturated carbocycles. The zero-order valence-corrected chi connectivity index (χ0v) is 11.6. The molecule has 106 valence electrons. The second-order valence-corrected chi connectivity index (χ2v) is 6.10. The lowest BCUT2D eigenvalue weighted by molar-refractivity contribution is -0.153. The van der Waals surface area contributed by atoms with Crippen molar-refractivity contribution in [3.63, 3.8) is 0 Å². The van der Waals surface area contributed by atoms with Crippen LogP contribution in [0, 0.1) is 11.8 Å². The van der Waals surface area contributed by atoms with Crippen LogP contribution in [0.4, 0.5) is 0 Å². The first-order valence-electron chi connectivity index (χ1n) is 7.35. The molecule has 1 aromatic rings. The van der Waals surface area contributed by atoms with Crippen molar-refractivity contribution in [2.24, 2.45) is 11.8 Å². The van der Waals surface area contributed by atoms with Crippen molar-refractivity contribution in [3.8, 4) is 0 Å². The lowest BCUT2D eigenvalue weighted by Crippen LogP contribution is -2.58. The monoisotopic (exact) mass is 273 g/mol. The molecule has 4 aliphatic heterocycles. The fraction of sp³-hybridized carbons (Fsp3) is 0.562. The van der Waals surface area contributed by atoms with Gasteiger partial charge in [-0.2, -0.15) is 0 Å². The largest absolute Gasteiger partial charge is 0.469 e. The summed E-state index contributed by atoms with van der Waals surface area (Å²) in [4.78, 5) is 14.7. The van der Waals surface area contributed by atoms with Crippen LogP contribution in [0.1, 0.15) is 25.0 Å². The van der Waals surface area contributed by atoms with E-state index in [4.69, 9.17) is 9.15 Å². The van der Waals surface area contributed by atoms with Crippen LogP contribution < -0.4 is 0 Å². The standard InChI is InChI=1S/C16H19NO3/c1-19-16(18)15-13-8-11-4-5-14(15)17(11)9-10(13)7-12-3-2-6-20-12/h2-3,6-7,11,13-15H,4-5,8-9H2,1H3/b10-7+/t11-,13-,14?,15-/m1/s1. The Morgan fingerprint density at radius 2 is 2.40 bits per heavy atom. The topological polar surface area (TPSA) is 42.7 Å². The second-order valence-electron chi connectivity index (χ2n) is 6.10. The first kappa shape index (κ1) is 12.2. The summed E-state index contributed by atoms with van der Waals surface area (Å²) in [5.41, 5.74) is 1.32. The molecule has 0 aliphatic carbocycles. The van der Waals surface area contributed by atoms with Crippen molar-refractivity contribution in [2.45, 2.75) is 31.3 Å². The van der Waals surface area contributed by atoms with Crippen molar-refractivity contribution in [2.75, 3.05) is 13.7 Å². The molecular weight excluding hydrogens is 254 g/mol. The summed E-state index contributed by atoms with van der Waals surface area (Å²) in [6.07, 6.45) is 7.25. The quantitative estimate of drug-likeness (QED) is 0.776. The number of carbonyl (C=O) groups is 1. The Labute approximate surface area is 118 Å². The first-order valence-corrected chi connectivity index (χ1v) is 7.35. The van der Waals surface area contributed by atoms with Gasteiger partial charge in [-0.3, -0.25) is 9.69 Å². The van der Waals surface area contributed by atoms with Gasteiger partial charge in [0.25, 0.3) is 0 Å². The van der Waals surface area contributed by atoms with Crippen LogP contribution in [-0.2, 0) is 9.53 Å². The number of carbonyl (C=O) groups excluding carboxylic acids is 1. The maximum Gasteiger partial charge on any atom is 0.310 e. The van der Waals surface area contributed by atoms with Crippen molar-refractivity contribution in [1.29, 1.82) is 0 Å². The summed E-state index contributed by atoms with van der Waals surface area (Å²) < 4.78 is 10.5. The molecule has 5 rings (SSSR count). The van der Waals surface area contributed by atoms with E-state index in [2.05, 4.69) is 11.0 Å². The third kappa shape index (κ3) is 1.67. The number of esters is 1. The minimum absolute atomic E-state index is 0.00807. The van der Waals surface area contributed by atoms with Crippen LogP contribution in [0.25, 0.3) is 6.08 Å². The molecule has 20 heavy (non-hydrogen) atoms. The minimum Gasteiger partial charge on any atom is -0.469 e. The summed E-state index contributed by atoms with van der Waals surface area (Å²) in [7, 11) is 1.50. The third-order valence-electron chi connectivity index (χ3n) is 5.25. The zero-order valence-electron chi connectivity index (χ0n) is 11.6. The van der Waals surface area contributed by atoms with E-state index >= 15 is 0 Å². The number of fused-ring (bicyclic) bond motifs is 1. The van der Waals surface area contributed by atoms with Gasteiger partial charge in [-0.15, -0.1) is 0 Å². The Morgan fingerprint density at radius 1 is 1.50 bits per heavy atom. The van der Waals surface area contributed by atoms with Gasteiger partial charge in [0.05, 0.1) is 19.3 Å². The predicted molar refractivity (Wildman–Crippen MR) is 73.8 cm³/mol. The highest BCUT2D eigenvalue weighted by atomic mass is 16.5. The number of methoxy groups -OCH3 is 1. The fourth-order valence-electron chi connectivity index (χ4n) is 4.44. The maximum absolute atomic E-state index is 12.2. The number of ether oxygens (including phenoxy) is 1. The highest BCUT2D eigenvalue weighted by Crippen LogP contribution is 2.50. The number of rotatable bonds is 2. The maximum atomic E-state index is 12.2. The molecule has 5 heterocycles. The SMILES string of the molecule is COC(=O)[C@H]1C2CC[C@@H]3C[C@@H]1/C(=C/c1ccco1)CN23. The number of hydrogen-bond acceptors (Lipinski definition) is 4. The molecule has 2 unspecified atom stereocenters. The third-order valence-corrected chi connectivity index (χ3v) is 5.25. The van der Waals surface area contributed by atoms with Gasteiger partial charge in [-0.25, -0.2) is 0 Å². The lowest BCUT2D eigenvalue weighted by atomic mass is 9.71. The average Bonchev–Trinajstić information content (AvgIpc) is 3.07. The van der Waals surface area contributed by atoms with Crippen molar-refractivity contribution in [1.82, 2.24) is 4.90 Å². The van der Waals surface area contributed by atoms with Gasteiger partial charge in [0.2, 0.25) is 0 Å². The predicted octanol–water partition coefficient (Wildman–Crippen LogP) is 2.32. The van der Waals surface area contributed by atoms with E-state index in [-0.39, 0.29) is 11.9 Å². The summed E-state index contributed by atoms with van der Waals surface area (Å²) in [5.74, 6) is 1.17. The molecule has 4 aliphatic rings. The molecule has 4 nitrogen and oxygen atoms in total. The molecule has 4 saturated heterocycles. The van der Waals surface area contributed by atoms with Gasteiger partial charge in [0.15, 0.2) is 0 Å². The second kappa shape index (κ2) is 4.48. The molecular formula is C16H19NO3. The summed E-state index contributed by atoms with van der Waals surface area (Å²) in [6.45, 7) is 0.980. The first-order chi connectivity index (χ1) is 9.78. The van der Waals surface area contributed by atoms with Crippen molar-refractivity contribution in [3.05, 3.63) is 29.7 Å². The number of hydrogen-bond donors (Lipinski definition) is 0. The summed E-state index contributed by atoms with van der Waals surface area (Å²) >= 11 is 0. The average molecular weight is 273 g/mol. The van der Waals surface area contributed by atoms with E-state index in [1.54, 1.807) is 6.26 Å². The van der Waals surface area contributed by atoms with E-state index in [9.17, 15) is 4.79 Å². The van der Waals surface area contributed by atoms with Crippen LogP contribution in [-0.4, -0.2) is 36.6 Å². The normalized spacial score (nSPS) is 40.2. The number of nitrogens with zero attached hydrogens (tertiary/aromatic N) is 1. The molecule has 0 radical (unpaired) electrons. The van der Waals surface area contributed by atoms with Crippen LogP contribution >= 0.6 is 0 Å². The Bertz CT molecular complexity index is 548.